The van der Waals surface area contributed by atoms with Gasteiger partial charge in [0, 0.05) is 32.7 Å². The first-order valence-electron chi connectivity index (χ1n) is 5.52. The standard InChI is InChI=1S/C10H21N3O.2ClH/c1-3-9(10(14)12-4-2)13-7-5-11-6-8-13;;/h9,11H,3-8H2,1-2H3,(H,12,14);2*1H/t9-;;/m0../s1. The quantitative estimate of drug-likeness (QED) is 0.790. The maximum absolute atomic E-state index is 11.7. The van der Waals surface area contributed by atoms with Crippen LogP contribution in [0.2, 0.25) is 0 Å². The van der Waals surface area contributed by atoms with Gasteiger partial charge >= 0.3 is 0 Å². The van der Waals surface area contributed by atoms with Crippen molar-refractivity contribution in [2.75, 3.05) is 32.7 Å². The molecule has 1 amide bonds. The molecule has 0 aromatic carbocycles. The number of carbonyl (C=O) groups excluding carboxylic acids is 1. The maximum Gasteiger partial charge on any atom is 0.237 e. The summed E-state index contributed by atoms with van der Waals surface area (Å²) in [5, 5.41) is 6.18. The molecule has 1 rings (SSSR count). The van der Waals surface area contributed by atoms with E-state index in [0.717, 1.165) is 39.1 Å². The molecule has 0 spiro atoms. The van der Waals surface area contributed by atoms with Crippen molar-refractivity contribution in [1.82, 2.24) is 15.5 Å². The van der Waals surface area contributed by atoms with E-state index >= 15 is 0 Å². The van der Waals surface area contributed by atoms with E-state index in [1.165, 1.54) is 0 Å². The number of nitrogens with zero attached hydrogens (tertiary/aromatic N) is 1. The Morgan fingerprint density at radius 2 is 1.88 bits per heavy atom. The largest absolute Gasteiger partial charge is 0.355 e. The Morgan fingerprint density at radius 3 is 2.31 bits per heavy atom. The lowest BCUT2D eigenvalue weighted by Crippen LogP contribution is -2.53. The molecular weight excluding hydrogens is 249 g/mol. The summed E-state index contributed by atoms with van der Waals surface area (Å²) in [6.45, 7) is 8.71. The molecule has 1 atom stereocenters. The van der Waals surface area contributed by atoms with E-state index in [1.54, 1.807) is 0 Å². The topological polar surface area (TPSA) is 44.4 Å². The van der Waals surface area contributed by atoms with Crippen LogP contribution in [0, 0.1) is 0 Å². The molecule has 0 unspecified atom stereocenters. The number of hydrogen-bond donors (Lipinski definition) is 2. The van der Waals surface area contributed by atoms with Crippen LogP contribution >= 0.6 is 24.8 Å². The number of piperazine rings is 1. The van der Waals surface area contributed by atoms with Gasteiger partial charge in [-0.2, -0.15) is 0 Å². The minimum Gasteiger partial charge on any atom is -0.355 e. The lowest BCUT2D eigenvalue weighted by molar-refractivity contribution is -0.126. The molecule has 0 radical (unpaired) electrons. The lowest BCUT2D eigenvalue weighted by Gasteiger charge is -2.33. The van der Waals surface area contributed by atoms with Gasteiger partial charge in [-0.25, -0.2) is 0 Å². The Morgan fingerprint density at radius 1 is 1.31 bits per heavy atom. The van der Waals surface area contributed by atoms with Gasteiger partial charge in [-0.05, 0) is 13.3 Å². The summed E-state index contributed by atoms with van der Waals surface area (Å²) in [7, 11) is 0. The van der Waals surface area contributed by atoms with Crippen LogP contribution in [-0.2, 0) is 4.79 Å². The van der Waals surface area contributed by atoms with E-state index in [2.05, 4.69) is 22.5 Å². The fraction of sp³-hybridized carbons (Fsp3) is 0.900. The summed E-state index contributed by atoms with van der Waals surface area (Å²) in [5.74, 6) is 0.178. The molecule has 1 heterocycles. The SMILES string of the molecule is CCNC(=O)[C@H](CC)N1CCNCC1.Cl.Cl. The second-order valence-electron chi connectivity index (χ2n) is 3.60. The van der Waals surface area contributed by atoms with Gasteiger partial charge < -0.3 is 10.6 Å². The molecule has 0 saturated carbocycles. The third-order valence-electron chi connectivity index (χ3n) is 2.63. The van der Waals surface area contributed by atoms with Gasteiger partial charge in [-0.15, -0.1) is 24.8 Å². The first-order valence-corrected chi connectivity index (χ1v) is 5.52. The Labute approximate surface area is 110 Å². The number of hydrogen-bond acceptors (Lipinski definition) is 3. The molecule has 0 aliphatic carbocycles. The molecule has 1 fully saturated rings. The van der Waals surface area contributed by atoms with E-state index in [4.69, 9.17) is 0 Å². The van der Waals surface area contributed by atoms with Crippen LogP contribution in [0.25, 0.3) is 0 Å². The highest BCUT2D eigenvalue weighted by atomic mass is 35.5. The number of carbonyl (C=O) groups is 1. The van der Waals surface area contributed by atoms with Crippen molar-refractivity contribution < 1.29 is 4.79 Å². The maximum atomic E-state index is 11.7. The number of nitrogens with one attached hydrogen (secondary N) is 2. The third-order valence-corrected chi connectivity index (χ3v) is 2.63. The van der Waals surface area contributed by atoms with Gasteiger partial charge in [0.15, 0.2) is 0 Å². The van der Waals surface area contributed by atoms with Crippen molar-refractivity contribution in [2.24, 2.45) is 0 Å². The molecule has 0 bridgehead atoms. The first-order chi connectivity index (χ1) is 6.79. The van der Waals surface area contributed by atoms with Crippen LogP contribution in [0.15, 0.2) is 0 Å². The normalized spacial score (nSPS) is 17.9. The van der Waals surface area contributed by atoms with E-state index in [0.29, 0.717) is 0 Å². The lowest BCUT2D eigenvalue weighted by atomic mass is 10.1. The van der Waals surface area contributed by atoms with E-state index in [-0.39, 0.29) is 36.8 Å². The summed E-state index contributed by atoms with van der Waals surface area (Å²) in [6.07, 6.45) is 0.895. The van der Waals surface area contributed by atoms with Gasteiger partial charge in [0.05, 0.1) is 6.04 Å². The average Bonchev–Trinajstić information content (AvgIpc) is 2.21. The van der Waals surface area contributed by atoms with Gasteiger partial charge in [0.1, 0.15) is 0 Å². The molecule has 1 saturated heterocycles. The fourth-order valence-corrected chi connectivity index (χ4v) is 1.90. The van der Waals surface area contributed by atoms with Gasteiger partial charge in [-0.3, -0.25) is 9.69 Å². The number of likely N-dealkylation sites (N-methyl/N-ethyl adjacent to an activating group) is 1. The second-order valence-corrected chi connectivity index (χ2v) is 3.60. The molecule has 98 valence electrons. The Balaban J connectivity index is 0. The Kier molecular flexibility index (Phi) is 11.6. The third kappa shape index (κ3) is 5.34. The Bertz CT molecular complexity index is 187. The van der Waals surface area contributed by atoms with Crippen molar-refractivity contribution in [1.29, 1.82) is 0 Å². The molecule has 0 aromatic heterocycles. The van der Waals surface area contributed by atoms with Crippen LogP contribution in [0.4, 0.5) is 0 Å². The van der Waals surface area contributed by atoms with Crippen LogP contribution in [0.5, 0.6) is 0 Å². The van der Waals surface area contributed by atoms with Crippen molar-refractivity contribution in [2.45, 2.75) is 26.3 Å². The number of amides is 1. The highest BCUT2D eigenvalue weighted by molar-refractivity contribution is 5.85. The minimum absolute atomic E-state index is 0. The first kappa shape index (κ1) is 18.3. The fourth-order valence-electron chi connectivity index (χ4n) is 1.90. The monoisotopic (exact) mass is 271 g/mol. The summed E-state index contributed by atoms with van der Waals surface area (Å²) in [6, 6.07) is 0.0667. The van der Waals surface area contributed by atoms with Crippen LogP contribution in [0.1, 0.15) is 20.3 Å². The van der Waals surface area contributed by atoms with Crippen LogP contribution in [0.3, 0.4) is 0 Å². The second kappa shape index (κ2) is 10.1. The van der Waals surface area contributed by atoms with E-state index < -0.39 is 0 Å². The average molecular weight is 272 g/mol. The highest BCUT2D eigenvalue weighted by Gasteiger charge is 2.24. The predicted molar refractivity (Wildman–Crippen MR) is 71.7 cm³/mol. The van der Waals surface area contributed by atoms with Gasteiger partial charge in [0.25, 0.3) is 0 Å². The molecule has 1 aliphatic heterocycles. The van der Waals surface area contributed by atoms with Crippen molar-refractivity contribution in [3.05, 3.63) is 0 Å². The zero-order valence-electron chi connectivity index (χ0n) is 9.99. The summed E-state index contributed by atoms with van der Waals surface area (Å²) >= 11 is 0. The zero-order valence-corrected chi connectivity index (χ0v) is 11.6. The number of halogens is 2. The molecule has 2 N–H and O–H groups in total. The molecule has 6 heteroatoms. The molecule has 16 heavy (non-hydrogen) atoms. The zero-order chi connectivity index (χ0) is 10.4. The minimum atomic E-state index is 0. The molecule has 1 aliphatic rings. The van der Waals surface area contributed by atoms with Crippen molar-refractivity contribution >= 4 is 30.7 Å². The number of rotatable bonds is 4. The van der Waals surface area contributed by atoms with Gasteiger partial charge in [0.2, 0.25) is 5.91 Å². The summed E-state index contributed by atoms with van der Waals surface area (Å²) in [5.41, 5.74) is 0. The summed E-state index contributed by atoms with van der Waals surface area (Å²) < 4.78 is 0. The summed E-state index contributed by atoms with van der Waals surface area (Å²) in [4.78, 5) is 14.0. The van der Waals surface area contributed by atoms with Crippen LogP contribution in [-0.4, -0.2) is 49.6 Å². The van der Waals surface area contributed by atoms with Crippen molar-refractivity contribution in [3.63, 3.8) is 0 Å². The molecule has 0 aromatic rings. The van der Waals surface area contributed by atoms with Gasteiger partial charge in [-0.1, -0.05) is 6.92 Å². The smallest absolute Gasteiger partial charge is 0.237 e. The van der Waals surface area contributed by atoms with E-state index in [9.17, 15) is 4.79 Å². The predicted octanol–water partition coefficient (Wildman–Crippen LogP) is 0.650. The van der Waals surface area contributed by atoms with E-state index in [1.807, 2.05) is 6.92 Å². The van der Waals surface area contributed by atoms with Crippen molar-refractivity contribution in [3.8, 4) is 0 Å². The molecule has 4 nitrogen and oxygen atoms in total. The Hall–Kier alpha value is -0.0300. The molecular formula is C10H23Cl2N3O. The van der Waals surface area contributed by atoms with Crippen LogP contribution < -0.4 is 10.6 Å². The highest BCUT2D eigenvalue weighted by Crippen LogP contribution is 2.05.